The molecule has 0 bridgehead atoms. The highest BCUT2D eigenvalue weighted by molar-refractivity contribution is 9.10. The molecule has 0 saturated carbocycles. The van der Waals surface area contributed by atoms with E-state index in [0.717, 1.165) is 0 Å². The lowest BCUT2D eigenvalue weighted by Crippen LogP contribution is -2.17. The van der Waals surface area contributed by atoms with Crippen LogP contribution in [0.5, 0.6) is 5.75 Å². The van der Waals surface area contributed by atoms with Gasteiger partial charge in [0.05, 0.1) is 17.7 Å². The van der Waals surface area contributed by atoms with Crippen molar-refractivity contribution in [1.82, 2.24) is 0 Å². The Labute approximate surface area is 149 Å². The van der Waals surface area contributed by atoms with Crippen LogP contribution in [0.4, 0.5) is 5.69 Å². The van der Waals surface area contributed by atoms with Crippen molar-refractivity contribution in [2.45, 2.75) is 16.7 Å². The van der Waals surface area contributed by atoms with E-state index >= 15 is 0 Å². The second kappa shape index (κ2) is 6.71. The number of hydrogen-bond donors (Lipinski definition) is 2. The summed E-state index contributed by atoms with van der Waals surface area (Å²) in [6.07, 6.45) is 0. The van der Waals surface area contributed by atoms with Gasteiger partial charge in [-0.1, -0.05) is 22.0 Å². The molecule has 3 N–H and O–H groups in total. The number of nitrogens with one attached hydrogen (secondary N) is 1. The van der Waals surface area contributed by atoms with Crippen LogP contribution >= 0.6 is 15.9 Å². The maximum absolute atomic E-state index is 12.6. The summed E-state index contributed by atoms with van der Waals surface area (Å²) in [6, 6.07) is 8.62. The molecule has 24 heavy (non-hydrogen) atoms. The lowest BCUT2D eigenvalue weighted by atomic mass is 10.2. The lowest BCUT2D eigenvalue weighted by Gasteiger charge is -2.13. The van der Waals surface area contributed by atoms with Crippen molar-refractivity contribution >= 4 is 41.7 Å². The number of nitrogens with two attached hydrogens (primary N) is 1. The first-order valence-electron chi connectivity index (χ1n) is 6.54. The van der Waals surface area contributed by atoms with Crippen molar-refractivity contribution < 1.29 is 21.6 Å². The van der Waals surface area contributed by atoms with Gasteiger partial charge < -0.3 is 4.74 Å². The molecule has 130 valence electrons. The van der Waals surface area contributed by atoms with Gasteiger partial charge >= 0.3 is 0 Å². The van der Waals surface area contributed by atoms with E-state index in [2.05, 4.69) is 20.7 Å². The van der Waals surface area contributed by atoms with Crippen molar-refractivity contribution in [3.63, 3.8) is 0 Å². The van der Waals surface area contributed by atoms with Gasteiger partial charge in [0.25, 0.3) is 10.0 Å². The number of ether oxygens (including phenoxy) is 1. The molecule has 7 nitrogen and oxygen atoms in total. The summed E-state index contributed by atoms with van der Waals surface area (Å²) in [7, 11) is -6.60. The van der Waals surface area contributed by atoms with Gasteiger partial charge in [-0.25, -0.2) is 22.0 Å². The summed E-state index contributed by atoms with van der Waals surface area (Å²) < 4.78 is 56.2. The van der Waals surface area contributed by atoms with Gasteiger partial charge in [-0.2, -0.15) is 0 Å². The fraction of sp³-hybridized carbons (Fsp3) is 0.143. The third kappa shape index (κ3) is 4.07. The van der Waals surface area contributed by atoms with Gasteiger partial charge in [-0.3, -0.25) is 4.72 Å². The van der Waals surface area contributed by atoms with E-state index < -0.39 is 20.0 Å². The van der Waals surface area contributed by atoms with Crippen LogP contribution in [0.2, 0.25) is 0 Å². The summed E-state index contributed by atoms with van der Waals surface area (Å²) in [5.41, 5.74) is 0.493. The Kier molecular flexibility index (Phi) is 5.23. The van der Waals surface area contributed by atoms with Gasteiger partial charge in [0.1, 0.15) is 10.6 Å². The van der Waals surface area contributed by atoms with E-state index in [1.165, 1.54) is 37.4 Å². The van der Waals surface area contributed by atoms with Crippen molar-refractivity contribution in [1.29, 1.82) is 0 Å². The van der Waals surface area contributed by atoms with E-state index in [0.29, 0.717) is 10.0 Å². The molecule has 0 unspecified atom stereocenters. The number of aryl methyl sites for hydroxylation is 1. The molecule has 10 heteroatoms. The minimum absolute atomic E-state index is 0.0756. The Balaban J connectivity index is 2.50. The fourth-order valence-electron chi connectivity index (χ4n) is 2.04. The largest absolute Gasteiger partial charge is 0.495 e. The van der Waals surface area contributed by atoms with E-state index in [4.69, 9.17) is 9.88 Å². The molecule has 0 fully saturated rings. The maximum Gasteiger partial charge on any atom is 0.265 e. The number of anilines is 1. The van der Waals surface area contributed by atoms with E-state index in [1.807, 2.05) is 0 Å². The fourth-order valence-corrected chi connectivity index (χ4v) is 4.61. The van der Waals surface area contributed by atoms with Crippen molar-refractivity contribution in [2.24, 2.45) is 5.14 Å². The van der Waals surface area contributed by atoms with Crippen LogP contribution in [0.1, 0.15) is 5.56 Å². The predicted molar refractivity (Wildman–Crippen MR) is 94.1 cm³/mol. The molecule has 2 aromatic carbocycles. The Morgan fingerprint density at radius 2 is 1.71 bits per heavy atom. The Morgan fingerprint density at radius 3 is 2.29 bits per heavy atom. The Hall–Kier alpha value is -1.62. The molecule has 0 saturated heterocycles. The van der Waals surface area contributed by atoms with Gasteiger partial charge in [-0.05, 0) is 42.8 Å². The van der Waals surface area contributed by atoms with Gasteiger partial charge in [0.15, 0.2) is 0 Å². The Bertz CT molecular complexity index is 988. The monoisotopic (exact) mass is 434 g/mol. The highest BCUT2D eigenvalue weighted by Gasteiger charge is 2.21. The standard InChI is InChI=1S/C14H15BrN2O5S2/c1-9-3-5-11(8-13(9)23(16,18)19)17-24(20,21)14-7-10(15)4-6-12(14)22-2/h3-8,17H,1-2H3,(H2,16,18,19). The minimum atomic E-state index is -3.99. The first-order chi connectivity index (χ1) is 11.0. The van der Waals surface area contributed by atoms with Crippen molar-refractivity contribution in [3.05, 3.63) is 46.4 Å². The number of primary sulfonamides is 1. The second-order valence-electron chi connectivity index (χ2n) is 4.93. The molecular weight excluding hydrogens is 420 g/mol. The van der Waals surface area contributed by atoms with Crippen molar-refractivity contribution in [2.75, 3.05) is 11.8 Å². The molecule has 0 aliphatic rings. The smallest absolute Gasteiger partial charge is 0.265 e. The van der Waals surface area contributed by atoms with Crippen molar-refractivity contribution in [3.8, 4) is 5.75 Å². The molecule has 0 aliphatic heterocycles. The molecule has 2 rings (SSSR count). The molecular formula is C14H15BrN2O5S2. The summed E-state index contributed by atoms with van der Waals surface area (Å²) in [5.74, 6) is 0.157. The van der Waals surface area contributed by atoms with Crippen LogP contribution in [0.15, 0.2) is 50.7 Å². The molecule has 0 amide bonds. The molecule has 0 aliphatic carbocycles. The highest BCUT2D eigenvalue weighted by Crippen LogP contribution is 2.29. The van der Waals surface area contributed by atoms with Crippen LogP contribution in [0.25, 0.3) is 0 Å². The van der Waals surface area contributed by atoms with Crippen LogP contribution in [-0.2, 0) is 20.0 Å². The summed E-state index contributed by atoms with van der Waals surface area (Å²) in [5, 5.41) is 5.14. The topological polar surface area (TPSA) is 116 Å². The van der Waals surface area contributed by atoms with E-state index in [-0.39, 0.29) is 21.2 Å². The number of sulfonamides is 2. The van der Waals surface area contributed by atoms with Gasteiger partial charge in [-0.15, -0.1) is 0 Å². The number of benzene rings is 2. The Morgan fingerprint density at radius 1 is 1.04 bits per heavy atom. The molecule has 0 radical (unpaired) electrons. The number of hydrogen-bond acceptors (Lipinski definition) is 5. The normalized spacial score (nSPS) is 12.0. The second-order valence-corrected chi connectivity index (χ2v) is 9.02. The molecule has 2 aromatic rings. The predicted octanol–water partition coefficient (Wildman–Crippen LogP) is 2.21. The number of rotatable bonds is 5. The summed E-state index contributed by atoms with van der Waals surface area (Å²) >= 11 is 3.21. The average Bonchev–Trinajstić information content (AvgIpc) is 2.48. The summed E-state index contributed by atoms with van der Waals surface area (Å²) in [4.78, 5) is -0.235. The van der Waals surface area contributed by atoms with Crippen LogP contribution < -0.4 is 14.6 Å². The zero-order valence-electron chi connectivity index (χ0n) is 12.8. The zero-order chi connectivity index (χ0) is 18.1. The third-order valence-corrected chi connectivity index (χ3v) is 6.11. The SMILES string of the molecule is COc1ccc(Br)cc1S(=O)(=O)Nc1ccc(C)c(S(N)(=O)=O)c1. The third-order valence-electron chi connectivity index (χ3n) is 3.16. The van der Waals surface area contributed by atoms with Crippen LogP contribution in [0.3, 0.4) is 0 Å². The zero-order valence-corrected chi connectivity index (χ0v) is 16.0. The van der Waals surface area contributed by atoms with Crippen LogP contribution in [0, 0.1) is 6.92 Å². The average molecular weight is 435 g/mol. The summed E-state index contributed by atoms with van der Waals surface area (Å²) in [6.45, 7) is 1.56. The lowest BCUT2D eigenvalue weighted by molar-refractivity contribution is 0.403. The number of methoxy groups -OCH3 is 1. The molecule has 0 heterocycles. The van der Waals surface area contributed by atoms with Crippen LogP contribution in [-0.4, -0.2) is 23.9 Å². The van der Waals surface area contributed by atoms with Gasteiger partial charge in [0, 0.05) is 4.47 Å². The first-order valence-corrected chi connectivity index (χ1v) is 10.4. The van der Waals surface area contributed by atoms with E-state index in [1.54, 1.807) is 13.0 Å². The first kappa shape index (κ1) is 18.7. The quantitative estimate of drug-likeness (QED) is 0.747. The molecule has 0 spiro atoms. The number of halogens is 1. The molecule has 0 aromatic heterocycles. The maximum atomic E-state index is 12.6. The molecule has 0 atom stereocenters. The van der Waals surface area contributed by atoms with Gasteiger partial charge in [0.2, 0.25) is 10.0 Å². The highest BCUT2D eigenvalue weighted by atomic mass is 79.9. The minimum Gasteiger partial charge on any atom is -0.495 e. The van der Waals surface area contributed by atoms with E-state index in [9.17, 15) is 16.8 Å².